The summed E-state index contributed by atoms with van der Waals surface area (Å²) in [7, 11) is 0. The summed E-state index contributed by atoms with van der Waals surface area (Å²) in [5.74, 6) is 1.61. The Morgan fingerprint density at radius 1 is 0.875 bits per heavy atom. The summed E-state index contributed by atoms with van der Waals surface area (Å²) in [5.41, 5.74) is 0. The molecule has 0 heteroatoms. The lowest BCUT2D eigenvalue weighted by molar-refractivity contribution is 0.572. The van der Waals surface area contributed by atoms with Crippen molar-refractivity contribution >= 4 is 0 Å². The molecule has 0 nitrogen and oxygen atoms in total. The molecule has 0 N–H and O–H groups in total. The van der Waals surface area contributed by atoms with Gasteiger partial charge in [-0.05, 0) is 24.7 Å². The first-order chi connectivity index (χ1) is 7.49. The summed E-state index contributed by atoms with van der Waals surface area (Å²) in [4.78, 5) is 0. The van der Waals surface area contributed by atoms with Crippen molar-refractivity contribution in [3.8, 4) is 0 Å². The third kappa shape index (κ3) is 37.5. The van der Waals surface area contributed by atoms with Crippen LogP contribution in [0.15, 0.2) is 25.3 Å². The van der Waals surface area contributed by atoms with E-state index in [0.717, 1.165) is 24.7 Å². The van der Waals surface area contributed by atoms with Crippen molar-refractivity contribution in [2.75, 3.05) is 0 Å². The SMILES string of the molecule is C=CCC(C)C.C=CCC(C)CC.CCC. The van der Waals surface area contributed by atoms with Gasteiger partial charge in [0, 0.05) is 0 Å². The Balaban J connectivity index is -0.000000172. The van der Waals surface area contributed by atoms with E-state index in [1.165, 1.54) is 12.8 Å². The predicted molar refractivity (Wildman–Crippen MR) is 79.9 cm³/mol. The van der Waals surface area contributed by atoms with E-state index in [1.807, 2.05) is 12.2 Å². The Hall–Kier alpha value is -0.520. The Morgan fingerprint density at radius 2 is 1.25 bits per heavy atom. The normalized spacial score (nSPS) is 10.4. The zero-order valence-corrected chi connectivity index (χ0v) is 12.6. The minimum absolute atomic E-state index is 0.780. The van der Waals surface area contributed by atoms with Crippen molar-refractivity contribution in [1.29, 1.82) is 0 Å². The van der Waals surface area contributed by atoms with Crippen LogP contribution in [0.3, 0.4) is 0 Å². The Labute approximate surface area is 105 Å². The molecule has 0 fully saturated rings. The van der Waals surface area contributed by atoms with E-state index < -0.39 is 0 Å². The third-order valence-electron chi connectivity index (χ3n) is 1.90. The van der Waals surface area contributed by atoms with Gasteiger partial charge >= 0.3 is 0 Å². The van der Waals surface area contributed by atoms with Crippen molar-refractivity contribution in [3.05, 3.63) is 25.3 Å². The van der Waals surface area contributed by atoms with Crippen LogP contribution in [0.25, 0.3) is 0 Å². The van der Waals surface area contributed by atoms with E-state index in [9.17, 15) is 0 Å². The summed E-state index contributed by atoms with van der Waals surface area (Å²) in [5, 5.41) is 0. The van der Waals surface area contributed by atoms with Crippen molar-refractivity contribution in [2.24, 2.45) is 11.8 Å². The molecule has 16 heavy (non-hydrogen) atoms. The second kappa shape index (κ2) is 20.0. The van der Waals surface area contributed by atoms with Gasteiger partial charge in [0.05, 0.1) is 0 Å². The highest BCUT2D eigenvalue weighted by molar-refractivity contribution is 4.69. The molecule has 0 aliphatic heterocycles. The Bertz CT molecular complexity index is 122. The summed E-state index contributed by atoms with van der Waals surface area (Å²) in [6.07, 6.45) is 8.75. The Morgan fingerprint density at radius 3 is 1.31 bits per heavy atom. The lowest BCUT2D eigenvalue weighted by Crippen LogP contribution is -1.86. The van der Waals surface area contributed by atoms with E-state index >= 15 is 0 Å². The summed E-state index contributed by atoms with van der Waals surface area (Å²) < 4.78 is 0. The first kappa shape index (κ1) is 20.8. The van der Waals surface area contributed by atoms with Gasteiger partial charge in [0.25, 0.3) is 0 Å². The lowest BCUT2D eigenvalue weighted by Gasteiger charge is -2.00. The maximum Gasteiger partial charge on any atom is -0.0328 e. The highest BCUT2D eigenvalue weighted by atomic mass is 14.0. The van der Waals surface area contributed by atoms with Gasteiger partial charge in [-0.25, -0.2) is 0 Å². The smallest absolute Gasteiger partial charge is 0.0328 e. The van der Waals surface area contributed by atoms with Gasteiger partial charge in [-0.2, -0.15) is 0 Å². The van der Waals surface area contributed by atoms with E-state index in [4.69, 9.17) is 0 Å². The molecule has 98 valence electrons. The van der Waals surface area contributed by atoms with Crippen LogP contribution in [0.1, 0.15) is 67.2 Å². The molecule has 0 saturated heterocycles. The maximum atomic E-state index is 3.65. The van der Waals surface area contributed by atoms with E-state index in [0.29, 0.717) is 0 Å². The van der Waals surface area contributed by atoms with Crippen LogP contribution in [-0.4, -0.2) is 0 Å². The van der Waals surface area contributed by atoms with Crippen LogP contribution in [0.2, 0.25) is 0 Å². The number of allylic oxidation sites excluding steroid dienone is 2. The highest BCUT2D eigenvalue weighted by Crippen LogP contribution is 2.04. The molecule has 0 aromatic heterocycles. The fourth-order valence-electron chi connectivity index (χ4n) is 0.785. The number of rotatable bonds is 5. The van der Waals surface area contributed by atoms with E-state index in [2.05, 4.69) is 54.7 Å². The minimum atomic E-state index is 0.780. The molecule has 0 aromatic rings. The van der Waals surface area contributed by atoms with Crippen molar-refractivity contribution in [3.63, 3.8) is 0 Å². The summed E-state index contributed by atoms with van der Waals surface area (Å²) >= 11 is 0. The lowest BCUT2D eigenvalue weighted by atomic mass is 10.1. The Kier molecular flexibility index (Phi) is 26.0. The van der Waals surface area contributed by atoms with Gasteiger partial charge in [0.15, 0.2) is 0 Å². The molecule has 0 aliphatic rings. The van der Waals surface area contributed by atoms with Crippen LogP contribution in [0, 0.1) is 11.8 Å². The molecule has 0 rings (SSSR count). The molecule has 0 bridgehead atoms. The fourth-order valence-corrected chi connectivity index (χ4v) is 0.785. The van der Waals surface area contributed by atoms with Crippen LogP contribution in [0.4, 0.5) is 0 Å². The molecular formula is C16H34. The first-order valence-electron chi connectivity index (χ1n) is 6.71. The monoisotopic (exact) mass is 226 g/mol. The molecule has 0 heterocycles. The zero-order chi connectivity index (χ0) is 13.4. The quantitative estimate of drug-likeness (QED) is 0.486. The third-order valence-corrected chi connectivity index (χ3v) is 1.90. The van der Waals surface area contributed by atoms with Gasteiger partial charge in [0.2, 0.25) is 0 Å². The van der Waals surface area contributed by atoms with E-state index in [-0.39, 0.29) is 0 Å². The fraction of sp³-hybridized carbons (Fsp3) is 0.750. The zero-order valence-electron chi connectivity index (χ0n) is 12.6. The first-order valence-corrected chi connectivity index (χ1v) is 6.71. The highest BCUT2D eigenvalue weighted by Gasteiger charge is 1.90. The molecule has 0 saturated carbocycles. The molecule has 0 aromatic carbocycles. The van der Waals surface area contributed by atoms with E-state index in [1.54, 1.807) is 0 Å². The van der Waals surface area contributed by atoms with Gasteiger partial charge in [-0.3, -0.25) is 0 Å². The molecule has 0 amide bonds. The average Bonchev–Trinajstić information content (AvgIpc) is 2.20. The van der Waals surface area contributed by atoms with Crippen LogP contribution in [-0.2, 0) is 0 Å². The van der Waals surface area contributed by atoms with Crippen LogP contribution in [0.5, 0.6) is 0 Å². The predicted octanol–water partition coefficient (Wildman–Crippen LogP) is 6.24. The van der Waals surface area contributed by atoms with Gasteiger partial charge < -0.3 is 0 Å². The maximum absolute atomic E-state index is 3.65. The number of hydrogen-bond acceptors (Lipinski definition) is 0. The van der Waals surface area contributed by atoms with Crippen molar-refractivity contribution < 1.29 is 0 Å². The standard InChI is InChI=1S/C7H14.C6H12.C3H8/c1-4-6-7(3)5-2;1-4-5-6(2)3;1-3-2/h4,7H,1,5-6H2,2-3H3;4,6H,1,5H2,2-3H3;3H2,1-2H3. The van der Waals surface area contributed by atoms with Crippen LogP contribution < -0.4 is 0 Å². The molecule has 0 radical (unpaired) electrons. The second-order valence-electron chi connectivity index (χ2n) is 4.66. The minimum Gasteiger partial charge on any atom is -0.103 e. The average molecular weight is 226 g/mol. The molecule has 1 unspecified atom stereocenters. The van der Waals surface area contributed by atoms with Crippen molar-refractivity contribution in [2.45, 2.75) is 67.2 Å². The van der Waals surface area contributed by atoms with Crippen LogP contribution >= 0.6 is 0 Å². The van der Waals surface area contributed by atoms with Gasteiger partial charge in [-0.15, -0.1) is 13.2 Å². The van der Waals surface area contributed by atoms with Crippen molar-refractivity contribution in [1.82, 2.24) is 0 Å². The molecule has 0 aliphatic carbocycles. The van der Waals surface area contributed by atoms with Gasteiger partial charge in [0.1, 0.15) is 0 Å². The summed E-state index contributed by atoms with van der Waals surface area (Å²) in [6.45, 7) is 20.3. The topological polar surface area (TPSA) is 0 Å². The second-order valence-corrected chi connectivity index (χ2v) is 4.66. The molecule has 1 atom stereocenters. The number of hydrogen-bond donors (Lipinski definition) is 0. The largest absolute Gasteiger partial charge is 0.103 e. The summed E-state index contributed by atoms with van der Waals surface area (Å²) in [6, 6.07) is 0. The van der Waals surface area contributed by atoms with Gasteiger partial charge in [-0.1, -0.05) is 66.5 Å². The molecule has 0 spiro atoms. The molecular weight excluding hydrogens is 192 g/mol.